The second-order valence-electron chi connectivity index (χ2n) is 9.14. The molecule has 3 heterocycles. The normalized spacial score (nSPS) is 21.1. The summed E-state index contributed by atoms with van der Waals surface area (Å²) in [4.78, 5) is 27.5. The molecule has 0 aliphatic carbocycles. The number of hydrogen-bond donors (Lipinski definition) is 2. The van der Waals surface area contributed by atoms with Gasteiger partial charge in [-0.3, -0.25) is 9.59 Å². The summed E-state index contributed by atoms with van der Waals surface area (Å²) in [5.74, 6) is -2.75. The van der Waals surface area contributed by atoms with Gasteiger partial charge in [0.25, 0.3) is 5.91 Å². The number of benzene rings is 2. The molecule has 2 aromatic carbocycles. The lowest BCUT2D eigenvalue weighted by atomic mass is 10.0. The second kappa shape index (κ2) is 9.62. The molecule has 0 radical (unpaired) electrons. The third kappa shape index (κ3) is 5.19. The Balaban J connectivity index is 1.24. The van der Waals surface area contributed by atoms with Crippen molar-refractivity contribution in [2.75, 3.05) is 42.7 Å². The summed E-state index contributed by atoms with van der Waals surface area (Å²) in [6.07, 6.45) is 1.20. The minimum Gasteiger partial charge on any atom is -0.371 e. The largest absolute Gasteiger partial charge is 0.371 e. The van der Waals surface area contributed by atoms with Crippen LogP contribution in [0.25, 0.3) is 0 Å². The summed E-state index contributed by atoms with van der Waals surface area (Å²) in [6, 6.07) is 7.33. The van der Waals surface area contributed by atoms with E-state index in [2.05, 4.69) is 10.6 Å². The highest BCUT2D eigenvalue weighted by molar-refractivity contribution is 7.90. The van der Waals surface area contributed by atoms with E-state index in [0.717, 1.165) is 12.1 Å². The first-order valence-electron chi connectivity index (χ1n) is 11.6. The zero-order valence-corrected chi connectivity index (χ0v) is 20.8. The smallest absolute Gasteiger partial charge is 0.253 e. The minimum atomic E-state index is -3.76. The van der Waals surface area contributed by atoms with Gasteiger partial charge in [0, 0.05) is 36.5 Å². The zero-order valence-electron chi connectivity index (χ0n) is 19.3. The van der Waals surface area contributed by atoms with Crippen LogP contribution in [0.4, 0.5) is 15.8 Å². The van der Waals surface area contributed by atoms with Crippen LogP contribution in [-0.4, -0.2) is 69.0 Å². The number of ether oxygens (including phenoxy) is 2. The molecule has 2 N–H and O–H groups in total. The number of anilines is 2. The third-order valence-corrected chi connectivity index (χ3v) is 8.55. The number of carbonyl (C=O) groups excluding carboxylic acids is 2. The first-order valence-corrected chi connectivity index (χ1v) is 13.8. The van der Waals surface area contributed by atoms with Crippen LogP contribution in [0.5, 0.6) is 0 Å². The number of nitrogens with one attached hydrogen (secondary N) is 2. The Morgan fingerprint density at radius 3 is 2.53 bits per heavy atom. The van der Waals surface area contributed by atoms with Crippen molar-refractivity contribution >= 4 is 44.6 Å². The highest BCUT2D eigenvalue weighted by Gasteiger charge is 2.41. The number of rotatable bonds is 5. The van der Waals surface area contributed by atoms with Crippen molar-refractivity contribution in [2.24, 2.45) is 0 Å². The van der Waals surface area contributed by atoms with E-state index in [9.17, 15) is 22.4 Å². The molecule has 0 bridgehead atoms. The molecule has 0 unspecified atom stereocenters. The van der Waals surface area contributed by atoms with Crippen molar-refractivity contribution in [3.8, 4) is 0 Å². The first-order chi connectivity index (χ1) is 17.1. The molecule has 12 heteroatoms. The van der Waals surface area contributed by atoms with Crippen molar-refractivity contribution in [3.63, 3.8) is 0 Å². The summed E-state index contributed by atoms with van der Waals surface area (Å²) in [5.41, 5.74) is 1.58. The van der Waals surface area contributed by atoms with Gasteiger partial charge in [0.05, 0.1) is 36.1 Å². The minimum absolute atomic E-state index is 0.00865. The standard InChI is InChI=1S/C24H25ClFN3O6S/c25-18-12-17(26)3-1-16(18)13-36(32,33)14-21-22(30)28-20-11-15(2-4-19(20)27-21)23(31)29-7-5-24(6-8-29)34-9-10-35-24/h1-4,11-12,21,27H,5-10,13-14H2,(H,28,30)/t21-/m0/s1. The molecular weight excluding hydrogens is 513 g/mol. The van der Waals surface area contributed by atoms with Crippen molar-refractivity contribution in [1.29, 1.82) is 0 Å². The van der Waals surface area contributed by atoms with Gasteiger partial charge in [-0.25, -0.2) is 12.8 Å². The van der Waals surface area contributed by atoms with Gasteiger partial charge >= 0.3 is 0 Å². The van der Waals surface area contributed by atoms with E-state index >= 15 is 0 Å². The second-order valence-corrected chi connectivity index (χ2v) is 11.7. The molecule has 9 nitrogen and oxygen atoms in total. The van der Waals surface area contributed by atoms with Crippen LogP contribution in [0.2, 0.25) is 5.02 Å². The number of fused-ring (bicyclic) bond motifs is 1. The number of carbonyl (C=O) groups is 2. The first kappa shape index (κ1) is 24.9. The lowest BCUT2D eigenvalue weighted by Crippen LogP contribution is -2.47. The van der Waals surface area contributed by atoms with Gasteiger partial charge in [-0.1, -0.05) is 17.7 Å². The van der Waals surface area contributed by atoms with Gasteiger partial charge in [0.2, 0.25) is 5.91 Å². The zero-order chi connectivity index (χ0) is 25.5. The third-order valence-electron chi connectivity index (χ3n) is 6.61. The van der Waals surface area contributed by atoms with Crippen LogP contribution in [0.3, 0.4) is 0 Å². The molecule has 192 valence electrons. The van der Waals surface area contributed by atoms with Crippen LogP contribution < -0.4 is 10.6 Å². The van der Waals surface area contributed by atoms with Crippen LogP contribution in [0, 0.1) is 5.82 Å². The summed E-state index contributed by atoms with van der Waals surface area (Å²) < 4.78 is 50.1. The Morgan fingerprint density at radius 2 is 1.83 bits per heavy atom. The number of likely N-dealkylation sites (tertiary alicyclic amines) is 1. The average molecular weight is 538 g/mol. The predicted octanol–water partition coefficient (Wildman–Crippen LogP) is 2.81. The van der Waals surface area contributed by atoms with Crippen molar-refractivity contribution in [2.45, 2.75) is 30.4 Å². The highest BCUT2D eigenvalue weighted by atomic mass is 35.5. The fourth-order valence-corrected chi connectivity index (χ4v) is 6.60. The molecule has 36 heavy (non-hydrogen) atoms. The van der Waals surface area contributed by atoms with Crippen LogP contribution in [0.1, 0.15) is 28.8 Å². The molecule has 1 spiro atoms. The lowest BCUT2D eigenvalue weighted by Gasteiger charge is -2.37. The molecule has 2 saturated heterocycles. The summed E-state index contributed by atoms with van der Waals surface area (Å²) >= 11 is 5.96. The van der Waals surface area contributed by atoms with Gasteiger partial charge in [-0.05, 0) is 35.9 Å². The number of amides is 2. The van der Waals surface area contributed by atoms with E-state index in [1.165, 1.54) is 6.07 Å². The van der Waals surface area contributed by atoms with E-state index in [1.54, 1.807) is 23.1 Å². The molecular formula is C24H25ClFN3O6S. The van der Waals surface area contributed by atoms with E-state index in [4.69, 9.17) is 21.1 Å². The Kier molecular flexibility index (Phi) is 6.67. The molecule has 2 aromatic rings. The summed E-state index contributed by atoms with van der Waals surface area (Å²) in [7, 11) is -3.76. The van der Waals surface area contributed by atoms with Crippen LogP contribution >= 0.6 is 11.6 Å². The summed E-state index contributed by atoms with van der Waals surface area (Å²) in [6.45, 7) is 2.12. The van der Waals surface area contributed by atoms with Crippen LogP contribution in [-0.2, 0) is 29.9 Å². The predicted molar refractivity (Wildman–Crippen MR) is 131 cm³/mol. The molecule has 5 rings (SSSR count). The number of piperidine rings is 1. The van der Waals surface area contributed by atoms with E-state index in [1.807, 2.05) is 0 Å². The average Bonchev–Trinajstić information content (AvgIpc) is 3.29. The van der Waals surface area contributed by atoms with Gasteiger partial charge in [0.1, 0.15) is 11.9 Å². The quantitative estimate of drug-likeness (QED) is 0.603. The molecule has 3 aliphatic rings. The molecule has 0 saturated carbocycles. The fraction of sp³-hybridized carbons (Fsp3) is 0.417. The van der Waals surface area contributed by atoms with Crippen LogP contribution in [0.15, 0.2) is 36.4 Å². The SMILES string of the molecule is O=C1Nc2cc(C(=O)N3CCC4(CC3)OCCO4)ccc2N[C@H]1CS(=O)(=O)Cc1ccc(F)cc1Cl. The van der Waals surface area contributed by atoms with Gasteiger partial charge in [-0.2, -0.15) is 0 Å². The molecule has 0 aromatic heterocycles. The topological polar surface area (TPSA) is 114 Å². The maximum absolute atomic E-state index is 13.3. The molecule has 2 fully saturated rings. The van der Waals surface area contributed by atoms with Gasteiger partial charge in [-0.15, -0.1) is 0 Å². The lowest BCUT2D eigenvalue weighted by molar-refractivity contribution is -0.181. The maximum atomic E-state index is 13.3. The summed E-state index contributed by atoms with van der Waals surface area (Å²) in [5, 5.41) is 5.66. The molecule has 1 atom stereocenters. The highest BCUT2D eigenvalue weighted by Crippen LogP contribution is 2.33. The molecule has 2 amide bonds. The number of halogens is 2. The Hall–Kier alpha value is -2.73. The van der Waals surface area contributed by atoms with E-state index in [-0.39, 0.29) is 16.5 Å². The van der Waals surface area contributed by atoms with Crippen molar-refractivity contribution in [3.05, 3.63) is 58.4 Å². The Labute approximate surface area is 212 Å². The fourth-order valence-electron chi connectivity index (χ4n) is 4.70. The van der Waals surface area contributed by atoms with Gasteiger partial charge < -0.3 is 25.0 Å². The number of nitrogens with zero attached hydrogens (tertiary/aromatic N) is 1. The maximum Gasteiger partial charge on any atom is 0.253 e. The Bertz CT molecular complexity index is 1300. The van der Waals surface area contributed by atoms with Crippen molar-refractivity contribution in [1.82, 2.24) is 4.90 Å². The number of hydrogen-bond acceptors (Lipinski definition) is 7. The van der Waals surface area contributed by atoms with E-state index < -0.39 is 44.9 Å². The number of sulfone groups is 1. The monoisotopic (exact) mass is 537 g/mol. The Morgan fingerprint density at radius 1 is 1.11 bits per heavy atom. The van der Waals surface area contributed by atoms with Crippen molar-refractivity contribution < 1.29 is 31.9 Å². The molecule has 3 aliphatic heterocycles. The van der Waals surface area contributed by atoms with E-state index in [0.29, 0.717) is 56.1 Å². The van der Waals surface area contributed by atoms with Gasteiger partial charge in [0.15, 0.2) is 15.6 Å².